The van der Waals surface area contributed by atoms with Crippen LogP contribution < -0.4 is 0 Å². The number of amides is 1. The fourth-order valence-corrected chi connectivity index (χ4v) is 3.93. The van der Waals surface area contributed by atoms with E-state index in [0.717, 1.165) is 44.5 Å². The number of rotatable bonds is 5. The van der Waals surface area contributed by atoms with Crippen LogP contribution in [0.4, 0.5) is 4.39 Å². The zero-order valence-corrected chi connectivity index (χ0v) is 16.0. The molecule has 0 unspecified atom stereocenters. The lowest BCUT2D eigenvalue weighted by molar-refractivity contribution is -0.137. The summed E-state index contributed by atoms with van der Waals surface area (Å²) in [6.45, 7) is 4.09. The third-order valence-electron chi connectivity index (χ3n) is 5.41. The molecular weight excluding hydrogens is 361 g/mol. The third-order valence-corrected chi connectivity index (χ3v) is 5.41. The molecule has 2 aliphatic rings. The van der Waals surface area contributed by atoms with Gasteiger partial charge in [0, 0.05) is 26.1 Å². The van der Waals surface area contributed by atoms with Gasteiger partial charge in [-0.05, 0) is 37.0 Å². The summed E-state index contributed by atoms with van der Waals surface area (Å²) in [7, 11) is 0. The molecule has 0 saturated carbocycles. The second-order valence-electron chi connectivity index (χ2n) is 7.46. The number of nitrogens with zero attached hydrogens (tertiary/aromatic N) is 3. The van der Waals surface area contributed by atoms with Crippen molar-refractivity contribution in [2.45, 2.75) is 31.7 Å². The third kappa shape index (κ3) is 4.59. The zero-order valence-electron chi connectivity index (χ0n) is 16.0. The van der Waals surface area contributed by atoms with Gasteiger partial charge in [0.25, 0.3) is 0 Å². The minimum Gasteiger partial charge on any atom is -0.443 e. The summed E-state index contributed by atoms with van der Waals surface area (Å²) in [6, 6.07) is 6.36. The molecule has 4 rings (SSSR count). The minimum absolute atomic E-state index is 0.122. The normalized spacial score (nSPS) is 21.0. The molecular formula is C21H26FN3O3. The maximum absolute atomic E-state index is 13.4. The summed E-state index contributed by atoms with van der Waals surface area (Å²) in [5.74, 6) is 1.13. The number of benzene rings is 1. The SMILES string of the molecule is O=C(CN1CCOCC1)N1CCCC[C@H]1c1ncc(Cc2cccc(F)c2)o1. The molecule has 0 aliphatic carbocycles. The highest BCUT2D eigenvalue weighted by molar-refractivity contribution is 5.78. The summed E-state index contributed by atoms with van der Waals surface area (Å²) < 4.78 is 24.7. The topological polar surface area (TPSA) is 58.8 Å². The molecule has 1 atom stereocenters. The van der Waals surface area contributed by atoms with E-state index in [1.807, 2.05) is 11.0 Å². The first kappa shape index (κ1) is 19.1. The molecule has 0 radical (unpaired) electrons. The largest absolute Gasteiger partial charge is 0.443 e. The minimum atomic E-state index is -0.260. The van der Waals surface area contributed by atoms with Crippen molar-refractivity contribution in [3.05, 3.63) is 53.5 Å². The molecule has 1 aromatic heterocycles. The Labute approximate surface area is 164 Å². The van der Waals surface area contributed by atoms with Crippen LogP contribution in [0.5, 0.6) is 0 Å². The van der Waals surface area contributed by atoms with Crippen LogP contribution in [-0.2, 0) is 16.0 Å². The van der Waals surface area contributed by atoms with E-state index >= 15 is 0 Å². The predicted molar refractivity (Wildman–Crippen MR) is 101 cm³/mol. The average molecular weight is 387 g/mol. The molecule has 7 heteroatoms. The highest BCUT2D eigenvalue weighted by Crippen LogP contribution is 2.31. The molecule has 2 aromatic rings. The van der Waals surface area contributed by atoms with Crippen molar-refractivity contribution in [2.24, 2.45) is 0 Å². The number of likely N-dealkylation sites (tertiary alicyclic amines) is 1. The van der Waals surface area contributed by atoms with Crippen molar-refractivity contribution >= 4 is 5.91 Å². The fraction of sp³-hybridized carbons (Fsp3) is 0.524. The smallest absolute Gasteiger partial charge is 0.237 e. The quantitative estimate of drug-likeness (QED) is 0.790. The second kappa shape index (κ2) is 8.84. The zero-order chi connectivity index (χ0) is 19.3. The Hall–Kier alpha value is -2.25. The lowest BCUT2D eigenvalue weighted by Gasteiger charge is -2.36. The molecule has 28 heavy (non-hydrogen) atoms. The predicted octanol–water partition coefficient (Wildman–Crippen LogP) is 2.79. The van der Waals surface area contributed by atoms with E-state index in [4.69, 9.17) is 9.15 Å². The first-order chi connectivity index (χ1) is 13.7. The van der Waals surface area contributed by atoms with Crippen LogP contribution >= 0.6 is 0 Å². The number of aromatic nitrogens is 1. The van der Waals surface area contributed by atoms with Crippen molar-refractivity contribution in [1.82, 2.24) is 14.8 Å². The van der Waals surface area contributed by atoms with Crippen molar-refractivity contribution in [1.29, 1.82) is 0 Å². The molecule has 1 aromatic carbocycles. The van der Waals surface area contributed by atoms with E-state index in [9.17, 15) is 9.18 Å². The van der Waals surface area contributed by atoms with Gasteiger partial charge in [-0.2, -0.15) is 0 Å². The number of piperidine rings is 1. The number of carbonyl (C=O) groups excluding carboxylic acids is 1. The Kier molecular flexibility index (Phi) is 6.02. The van der Waals surface area contributed by atoms with E-state index in [2.05, 4.69) is 9.88 Å². The summed E-state index contributed by atoms with van der Waals surface area (Å²) in [6.07, 6.45) is 5.09. The maximum atomic E-state index is 13.4. The first-order valence-corrected chi connectivity index (χ1v) is 9.97. The summed E-state index contributed by atoms with van der Waals surface area (Å²) >= 11 is 0. The summed E-state index contributed by atoms with van der Waals surface area (Å²) in [5.41, 5.74) is 0.839. The van der Waals surface area contributed by atoms with Crippen LogP contribution in [0.3, 0.4) is 0 Å². The Morgan fingerprint density at radius 2 is 2.07 bits per heavy atom. The molecule has 2 saturated heterocycles. The molecule has 0 bridgehead atoms. The molecule has 0 N–H and O–H groups in total. The van der Waals surface area contributed by atoms with Crippen LogP contribution in [-0.4, -0.2) is 60.1 Å². The van der Waals surface area contributed by atoms with Crippen molar-refractivity contribution in [3.63, 3.8) is 0 Å². The molecule has 150 valence electrons. The number of oxazole rings is 1. The highest BCUT2D eigenvalue weighted by Gasteiger charge is 2.32. The molecule has 2 fully saturated rings. The van der Waals surface area contributed by atoms with E-state index in [1.165, 1.54) is 12.1 Å². The van der Waals surface area contributed by atoms with Gasteiger partial charge in [0.1, 0.15) is 17.6 Å². The molecule has 0 spiro atoms. The summed E-state index contributed by atoms with van der Waals surface area (Å²) in [4.78, 5) is 21.4. The van der Waals surface area contributed by atoms with Gasteiger partial charge in [0.05, 0.1) is 26.0 Å². The monoisotopic (exact) mass is 387 g/mol. The summed E-state index contributed by atoms with van der Waals surface area (Å²) in [5, 5.41) is 0. The van der Waals surface area contributed by atoms with Crippen molar-refractivity contribution in [2.75, 3.05) is 39.4 Å². The van der Waals surface area contributed by atoms with Crippen molar-refractivity contribution in [3.8, 4) is 0 Å². The highest BCUT2D eigenvalue weighted by atomic mass is 19.1. The number of halogens is 1. The fourth-order valence-electron chi connectivity index (χ4n) is 3.93. The van der Waals surface area contributed by atoms with Crippen LogP contribution in [0.2, 0.25) is 0 Å². The van der Waals surface area contributed by atoms with E-state index < -0.39 is 0 Å². The number of hydrogen-bond acceptors (Lipinski definition) is 5. The van der Waals surface area contributed by atoms with Crippen molar-refractivity contribution < 1.29 is 18.3 Å². The van der Waals surface area contributed by atoms with Gasteiger partial charge in [-0.1, -0.05) is 12.1 Å². The molecule has 6 nitrogen and oxygen atoms in total. The van der Waals surface area contributed by atoms with Gasteiger partial charge >= 0.3 is 0 Å². The Balaban J connectivity index is 1.44. The number of carbonyl (C=O) groups is 1. The molecule has 3 heterocycles. The van der Waals surface area contributed by atoms with Gasteiger partial charge < -0.3 is 14.1 Å². The first-order valence-electron chi connectivity index (χ1n) is 9.97. The number of ether oxygens (including phenoxy) is 1. The van der Waals surface area contributed by atoms with E-state index in [1.54, 1.807) is 12.3 Å². The maximum Gasteiger partial charge on any atom is 0.237 e. The van der Waals surface area contributed by atoms with Gasteiger partial charge in [0.15, 0.2) is 0 Å². The van der Waals surface area contributed by atoms with Crippen LogP contribution in [0.15, 0.2) is 34.9 Å². The van der Waals surface area contributed by atoms with Gasteiger partial charge in [0.2, 0.25) is 11.8 Å². The Morgan fingerprint density at radius 3 is 2.89 bits per heavy atom. The van der Waals surface area contributed by atoms with Crippen LogP contribution in [0, 0.1) is 5.82 Å². The van der Waals surface area contributed by atoms with Gasteiger partial charge in [-0.15, -0.1) is 0 Å². The van der Waals surface area contributed by atoms with Crippen LogP contribution in [0.25, 0.3) is 0 Å². The lowest BCUT2D eigenvalue weighted by Crippen LogP contribution is -2.47. The second-order valence-corrected chi connectivity index (χ2v) is 7.46. The number of hydrogen-bond donors (Lipinski definition) is 0. The van der Waals surface area contributed by atoms with Gasteiger partial charge in [-0.3, -0.25) is 9.69 Å². The lowest BCUT2D eigenvalue weighted by atomic mass is 10.0. The standard InChI is InChI=1S/C21H26FN3O3/c22-17-5-3-4-16(12-17)13-18-14-23-21(28-18)19-6-1-2-7-25(19)20(26)15-24-8-10-27-11-9-24/h3-5,12,14,19H,1-2,6-11,13,15H2/t19-/m0/s1. The number of morpholine rings is 1. The van der Waals surface area contributed by atoms with Crippen LogP contribution in [0.1, 0.15) is 42.5 Å². The van der Waals surface area contributed by atoms with E-state index in [-0.39, 0.29) is 17.8 Å². The van der Waals surface area contributed by atoms with Gasteiger partial charge in [-0.25, -0.2) is 9.37 Å². The molecule has 1 amide bonds. The Morgan fingerprint density at radius 1 is 1.21 bits per heavy atom. The van der Waals surface area contributed by atoms with E-state index in [0.29, 0.717) is 37.8 Å². The Bertz CT molecular complexity index is 804. The molecule has 2 aliphatic heterocycles. The average Bonchev–Trinajstić information content (AvgIpc) is 3.17.